The number of thiazole rings is 1. The SMILES string of the molecule is COc1cc(O)ccc1C(=O)N=c1scc(-c2ccc(OC(F)(F)F)cc2)n1CCCNC(=O)NCCO. The molecule has 0 fully saturated rings. The van der Waals surface area contributed by atoms with E-state index < -0.39 is 18.3 Å². The number of aromatic hydroxyl groups is 1. The van der Waals surface area contributed by atoms with Crippen molar-refractivity contribution in [3.05, 3.63) is 58.2 Å². The third-order valence-corrected chi connectivity index (χ3v) is 5.90. The van der Waals surface area contributed by atoms with Gasteiger partial charge in [-0.15, -0.1) is 24.5 Å². The van der Waals surface area contributed by atoms with Crippen molar-refractivity contribution >= 4 is 23.3 Å². The molecule has 14 heteroatoms. The van der Waals surface area contributed by atoms with E-state index in [0.29, 0.717) is 29.0 Å². The Hall–Kier alpha value is -4.04. The molecule has 0 aliphatic rings. The molecule has 0 bridgehead atoms. The maximum Gasteiger partial charge on any atom is 0.573 e. The summed E-state index contributed by atoms with van der Waals surface area (Å²) < 4.78 is 48.4. The summed E-state index contributed by atoms with van der Waals surface area (Å²) in [5.74, 6) is -0.944. The molecule has 2 aromatic carbocycles. The Morgan fingerprint density at radius 3 is 2.47 bits per heavy atom. The number of carbonyl (C=O) groups excluding carboxylic acids is 2. The highest BCUT2D eigenvalue weighted by Gasteiger charge is 2.31. The highest BCUT2D eigenvalue weighted by molar-refractivity contribution is 7.07. The van der Waals surface area contributed by atoms with E-state index in [1.807, 2.05) is 0 Å². The van der Waals surface area contributed by atoms with Crippen LogP contribution in [0.25, 0.3) is 11.3 Å². The average Bonchev–Trinajstić information content (AvgIpc) is 3.26. The standard InChI is InChI=1S/C24H25F3N4O6S/c1-36-20-13-16(33)5-8-18(20)21(34)30-23-31(11-2-9-28-22(35)29-10-12-32)19(14-38-23)15-3-6-17(7-4-15)37-24(25,26)27/h3-8,13-14,32-33H,2,9-12H2,1H3,(H2,28,29,35). The molecule has 3 aromatic rings. The molecule has 1 heterocycles. The number of phenols is 1. The Morgan fingerprint density at radius 2 is 1.82 bits per heavy atom. The average molecular weight is 555 g/mol. The zero-order valence-corrected chi connectivity index (χ0v) is 20.9. The van der Waals surface area contributed by atoms with Gasteiger partial charge in [-0.2, -0.15) is 4.99 Å². The predicted octanol–water partition coefficient (Wildman–Crippen LogP) is 3.25. The van der Waals surface area contributed by atoms with Gasteiger partial charge in [0.2, 0.25) is 0 Å². The van der Waals surface area contributed by atoms with Gasteiger partial charge in [-0.3, -0.25) is 4.79 Å². The van der Waals surface area contributed by atoms with Crippen LogP contribution >= 0.6 is 11.3 Å². The summed E-state index contributed by atoms with van der Waals surface area (Å²) in [5.41, 5.74) is 1.27. The number of hydrogen-bond acceptors (Lipinski definition) is 7. The highest BCUT2D eigenvalue weighted by Crippen LogP contribution is 2.28. The number of urea groups is 1. The number of hydrogen-bond donors (Lipinski definition) is 4. The normalized spacial score (nSPS) is 11.8. The van der Waals surface area contributed by atoms with Gasteiger partial charge in [0.15, 0.2) is 4.80 Å². The van der Waals surface area contributed by atoms with Crippen LogP contribution < -0.4 is 24.9 Å². The van der Waals surface area contributed by atoms with Gasteiger partial charge < -0.3 is 34.9 Å². The van der Waals surface area contributed by atoms with Crippen LogP contribution in [0.4, 0.5) is 18.0 Å². The molecule has 0 saturated heterocycles. The second-order valence-corrected chi connectivity index (χ2v) is 8.53. The fourth-order valence-electron chi connectivity index (χ4n) is 3.37. The van der Waals surface area contributed by atoms with E-state index in [1.165, 1.54) is 49.6 Å². The molecular weight excluding hydrogens is 529 g/mol. The number of aromatic nitrogens is 1. The van der Waals surface area contributed by atoms with Crippen molar-refractivity contribution in [3.63, 3.8) is 0 Å². The largest absolute Gasteiger partial charge is 0.573 e. The number of halogens is 3. The van der Waals surface area contributed by atoms with Gasteiger partial charge in [-0.25, -0.2) is 4.79 Å². The van der Waals surface area contributed by atoms with Crippen LogP contribution in [-0.4, -0.2) is 59.9 Å². The van der Waals surface area contributed by atoms with E-state index >= 15 is 0 Å². The van der Waals surface area contributed by atoms with Gasteiger partial charge in [0.05, 0.1) is 25.0 Å². The van der Waals surface area contributed by atoms with Crippen molar-refractivity contribution < 1.29 is 42.4 Å². The van der Waals surface area contributed by atoms with E-state index in [9.17, 15) is 27.9 Å². The molecule has 0 radical (unpaired) electrons. The fourth-order valence-corrected chi connectivity index (χ4v) is 4.30. The number of alkyl halides is 3. The first-order chi connectivity index (χ1) is 18.1. The molecule has 3 amide bonds. The highest BCUT2D eigenvalue weighted by atomic mass is 32.1. The third-order valence-electron chi connectivity index (χ3n) is 5.04. The minimum atomic E-state index is -4.82. The molecule has 0 aliphatic carbocycles. The van der Waals surface area contributed by atoms with Crippen molar-refractivity contribution in [2.45, 2.75) is 19.3 Å². The molecular formula is C24H25F3N4O6S. The van der Waals surface area contributed by atoms with Crippen LogP contribution in [0.3, 0.4) is 0 Å². The Balaban J connectivity index is 1.90. The first-order valence-corrected chi connectivity index (χ1v) is 12.1. The summed E-state index contributed by atoms with van der Waals surface area (Å²) in [5, 5.41) is 25.3. The van der Waals surface area contributed by atoms with E-state index in [0.717, 1.165) is 11.3 Å². The Labute approximate surface area is 219 Å². The minimum Gasteiger partial charge on any atom is -0.508 e. The number of methoxy groups -OCH3 is 1. The number of phenolic OH excluding ortho intramolecular Hbond substituents is 1. The van der Waals surface area contributed by atoms with Gasteiger partial charge >= 0.3 is 12.4 Å². The maximum absolute atomic E-state index is 13.0. The minimum absolute atomic E-state index is 0.0830. The van der Waals surface area contributed by atoms with Gasteiger partial charge in [0.25, 0.3) is 5.91 Å². The van der Waals surface area contributed by atoms with Crippen molar-refractivity contribution in [2.24, 2.45) is 4.99 Å². The second kappa shape index (κ2) is 13.0. The van der Waals surface area contributed by atoms with Gasteiger partial charge in [-0.1, -0.05) is 0 Å². The lowest BCUT2D eigenvalue weighted by Gasteiger charge is -2.12. The Kier molecular flexibility index (Phi) is 9.73. The van der Waals surface area contributed by atoms with Crippen LogP contribution in [0.1, 0.15) is 16.8 Å². The molecule has 0 atom stereocenters. The van der Waals surface area contributed by atoms with Crippen molar-refractivity contribution in [1.82, 2.24) is 15.2 Å². The molecule has 38 heavy (non-hydrogen) atoms. The third kappa shape index (κ3) is 7.98. The predicted molar refractivity (Wildman–Crippen MR) is 132 cm³/mol. The van der Waals surface area contributed by atoms with E-state index in [4.69, 9.17) is 9.84 Å². The van der Waals surface area contributed by atoms with Gasteiger partial charge in [-0.05, 0) is 48.4 Å². The number of benzene rings is 2. The van der Waals surface area contributed by atoms with Crippen LogP contribution in [0.15, 0.2) is 52.8 Å². The number of nitrogens with one attached hydrogen (secondary N) is 2. The summed E-state index contributed by atoms with van der Waals surface area (Å²) >= 11 is 1.15. The molecule has 10 nitrogen and oxygen atoms in total. The summed E-state index contributed by atoms with van der Waals surface area (Å²) in [7, 11) is 1.35. The Morgan fingerprint density at radius 1 is 1.11 bits per heavy atom. The lowest BCUT2D eigenvalue weighted by molar-refractivity contribution is -0.274. The fraction of sp³-hybridized carbons (Fsp3) is 0.292. The number of aliphatic hydroxyl groups excluding tert-OH is 1. The maximum atomic E-state index is 13.0. The van der Waals surface area contributed by atoms with Crippen LogP contribution in [0.2, 0.25) is 0 Å². The van der Waals surface area contributed by atoms with E-state index in [1.54, 1.807) is 9.95 Å². The molecule has 0 spiro atoms. The second-order valence-electron chi connectivity index (χ2n) is 7.69. The quantitative estimate of drug-likeness (QED) is 0.284. The summed E-state index contributed by atoms with van der Waals surface area (Å²) in [4.78, 5) is 29.2. The van der Waals surface area contributed by atoms with Crippen molar-refractivity contribution in [3.8, 4) is 28.5 Å². The molecule has 1 aromatic heterocycles. The van der Waals surface area contributed by atoms with Crippen LogP contribution in [0.5, 0.6) is 17.2 Å². The smallest absolute Gasteiger partial charge is 0.508 e. The van der Waals surface area contributed by atoms with Crippen LogP contribution in [-0.2, 0) is 6.54 Å². The first kappa shape index (κ1) is 28.5. The molecule has 0 unspecified atom stereocenters. The summed E-state index contributed by atoms with van der Waals surface area (Å²) in [6.07, 6.45) is -4.39. The zero-order chi connectivity index (χ0) is 27.7. The first-order valence-electron chi connectivity index (χ1n) is 11.2. The van der Waals surface area contributed by atoms with Crippen LogP contribution in [0, 0.1) is 0 Å². The topological polar surface area (TPSA) is 134 Å². The number of carbonyl (C=O) groups is 2. The molecule has 3 rings (SSSR count). The number of nitrogens with zero attached hydrogens (tertiary/aromatic N) is 2. The summed E-state index contributed by atoms with van der Waals surface area (Å²) in [6, 6.07) is 8.82. The molecule has 0 saturated carbocycles. The number of rotatable bonds is 10. The lowest BCUT2D eigenvalue weighted by atomic mass is 10.1. The van der Waals surface area contributed by atoms with Crippen molar-refractivity contribution in [1.29, 1.82) is 0 Å². The lowest BCUT2D eigenvalue weighted by Crippen LogP contribution is -2.37. The van der Waals surface area contributed by atoms with Crippen molar-refractivity contribution in [2.75, 3.05) is 26.8 Å². The number of aliphatic hydroxyl groups is 1. The van der Waals surface area contributed by atoms with Gasteiger partial charge in [0, 0.05) is 31.1 Å². The van der Waals surface area contributed by atoms with Gasteiger partial charge in [0.1, 0.15) is 17.2 Å². The van der Waals surface area contributed by atoms with E-state index in [2.05, 4.69) is 20.4 Å². The molecule has 0 aliphatic heterocycles. The monoisotopic (exact) mass is 554 g/mol. The zero-order valence-electron chi connectivity index (χ0n) is 20.1. The number of amides is 3. The Bertz CT molecular complexity index is 1320. The number of ether oxygens (including phenoxy) is 2. The van der Waals surface area contributed by atoms with E-state index in [-0.39, 0.29) is 42.5 Å². The summed E-state index contributed by atoms with van der Waals surface area (Å²) in [6.45, 7) is 0.476. The molecule has 204 valence electrons. The molecule has 4 N–H and O–H groups in total.